The maximum absolute atomic E-state index is 12.9. The lowest BCUT2D eigenvalue weighted by molar-refractivity contribution is -0.125. The first-order valence-electron chi connectivity index (χ1n) is 11.1. The van der Waals surface area contributed by atoms with Gasteiger partial charge in [-0.05, 0) is 55.0 Å². The molecule has 2 fully saturated rings. The number of hydrogen-bond donors (Lipinski definition) is 1. The zero-order valence-electron chi connectivity index (χ0n) is 18.1. The topological polar surface area (TPSA) is 92.8 Å². The lowest BCUT2D eigenvalue weighted by Crippen LogP contribution is -2.33. The number of allylic oxidation sites excluding steroid dienone is 2. The van der Waals surface area contributed by atoms with E-state index in [0.29, 0.717) is 5.69 Å². The molecule has 0 unspecified atom stereocenters. The van der Waals surface area contributed by atoms with Gasteiger partial charge in [0, 0.05) is 0 Å². The number of nitrogens with zero attached hydrogens (tertiary/aromatic N) is 1. The van der Waals surface area contributed by atoms with Gasteiger partial charge in [-0.2, -0.15) is 0 Å². The molecule has 2 bridgehead atoms. The molecule has 2 aromatic rings. The predicted octanol–water partition coefficient (Wildman–Crippen LogP) is 3.03. The first-order valence-corrected chi connectivity index (χ1v) is 11.1. The van der Waals surface area contributed by atoms with Crippen molar-refractivity contribution in [3.8, 4) is 0 Å². The zero-order valence-corrected chi connectivity index (χ0v) is 18.1. The Bertz CT molecular complexity index is 1110. The Morgan fingerprint density at radius 1 is 0.970 bits per heavy atom. The molecule has 3 aliphatic rings. The Morgan fingerprint density at radius 2 is 1.58 bits per heavy atom. The minimum atomic E-state index is -0.651. The van der Waals surface area contributed by atoms with Crippen molar-refractivity contribution in [3.63, 3.8) is 0 Å². The third-order valence-corrected chi connectivity index (χ3v) is 6.84. The highest BCUT2D eigenvalue weighted by atomic mass is 16.5. The number of esters is 1. The van der Waals surface area contributed by atoms with Gasteiger partial charge in [-0.1, -0.05) is 42.5 Å². The van der Waals surface area contributed by atoms with Crippen molar-refractivity contribution in [2.24, 2.45) is 23.7 Å². The Balaban J connectivity index is 1.18. The van der Waals surface area contributed by atoms with Crippen molar-refractivity contribution in [3.05, 3.63) is 77.9 Å². The number of anilines is 1. The summed E-state index contributed by atoms with van der Waals surface area (Å²) in [6.07, 6.45) is 4.98. The molecule has 5 atom stereocenters. The van der Waals surface area contributed by atoms with Crippen molar-refractivity contribution in [2.75, 3.05) is 11.5 Å². The second-order valence-electron chi connectivity index (χ2n) is 8.83. The Hall–Kier alpha value is -3.74. The van der Waals surface area contributed by atoms with Crippen LogP contribution in [0.4, 0.5) is 5.69 Å². The minimum absolute atomic E-state index is 0.145. The Morgan fingerprint density at radius 3 is 2.18 bits per heavy atom. The van der Waals surface area contributed by atoms with Crippen LogP contribution in [0, 0.1) is 23.7 Å². The van der Waals surface area contributed by atoms with E-state index in [9.17, 15) is 19.2 Å². The van der Waals surface area contributed by atoms with Gasteiger partial charge in [0.1, 0.15) is 0 Å². The standard InChI is InChI=1S/C26H24N2O5/c1-15(16-5-3-2-4-6-16)27-21(29)14-33-26(32)17-9-11-20(12-10-17)28-24(30)22-18-7-8-19(13-18)23(22)25(28)31/h2-12,15,18-19,22-23H,13-14H2,1H3,(H,27,29)/t15-,18-,19-,22+,23+/m0/s1. The first-order chi connectivity index (χ1) is 15.9. The van der Waals surface area contributed by atoms with Gasteiger partial charge in [-0.3, -0.25) is 19.3 Å². The van der Waals surface area contributed by atoms with Gasteiger partial charge >= 0.3 is 5.97 Å². The number of imide groups is 1. The summed E-state index contributed by atoms with van der Waals surface area (Å²) in [7, 11) is 0. The number of amides is 3. The zero-order chi connectivity index (χ0) is 23.1. The van der Waals surface area contributed by atoms with Crippen LogP contribution >= 0.6 is 0 Å². The largest absolute Gasteiger partial charge is 0.452 e. The van der Waals surface area contributed by atoms with Crippen LogP contribution in [0.25, 0.3) is 0 Å². The fourth-order valence-electron chi connectivity index (χ4n) is 5.23. The molecule has 1 heterocycles. The number of ether oxygens (including phenoxy) is 1. The van der Waals surface area contributed by atoms with Crippen LogP contribution in [0.5, 0.6) is 0 Å². The van der Waals surface area contributed by atoms with Crippen molar-refractivity contribution < 1.29 is 23.9 Å². The molecule has 0 aromatic heterocycles. The second kappa shape index (κ2) is 8.31. The Labute approximate surface area is 191 Å². The smallest absolute Gasteiger partial charge is 0.338 e. The minimum Gasteiger partial charge on any atom is -0.452 e. The molecule has 2 aromatic carbocycles. The molecule has 0 radical (unpaired) electrons. The highest BCUT2D eigenvalue weighted by Crippen LogP contribution is 2.53. The summed E-state index contributed by atoms with van der Waals surface area (Å²) >= 11 is 0. The fraction of sp³-hybridized carbons (Fsp3) is 0.308. The average molecular weight is 444 g/mol. The highest BCUT2D eigenvalue weighted by Gasteiger charge is 2.59. The van der Waals surface area contributed by atoms with Crippen molar-refractivity contribution in [1.29, 1.82) is 0 Å². The molecule has 33 heavy (non-hydrogen) atoms. The Kier molecular flexibility index (Phi) is 5.32. The number of hydrogen-bond acceptors (Lipinski definition) is 5. The number of carbonyl (C=O) groups is 4. The van der Waals surface area contributed by atoms with Crippen LogP contribution in [0.1, 0.15) is 35.3 Å². The van der Waals surface area contributed by atoms with E-state index in [-0.39, 0.29) is 47.1 Å². The SMILES string of the molecule is C[C@H](NC(=O)COC(=O)c1ccc(N2C(=O)[C@H]3[C@H](C2=O)[C@H]2C=C[C@H]3C2)cc1)c1ccccc1. The van der Waals surface area contributed by atoms with Crippen molar-refractivity contribution in [1.82, 2.24) is 5.32 Å². The molecule has 2 aliphatic carbocycles. The van der Waals surface area contributed by atoms with E-state index >= 15 is 0 Å². The first kappa shape index (κ1) is 21.1. The summed E-state index contributed by atoms with van der Waals surface area (Å²) < 4.78 is 5.12. The number of benzene rings is 2. The molecule has 1 saturated carbocycles. The molecule has 1 aliphatic heterocycles. The summed E-state index contributed by atoms with van der Waals surface area (Å²) in [5, 5.41) is 2.79. The molecule has 0 spiro atoms. The van der Waals surface area contributed by atoms with Gasteiger partial charge < -0.3 is 10.1 Å². The van der Waals surface area contributed by atoms with Gasteiger partial charge in [-0.25, -0.2) is 4.79 Å². The number of fused-ring (bicyclic) bond motifs is 5. The van der Waals surface area contributed by atoms with Gasteiger partial charge in [0.25, 0.3) is 5.91 Å². The number of rotatable bonds is 6. The lowest BCUT2D eigenvalue weighted by atomic mass is 9.85. The van der Waals surface area contributed by atoms with Crippen molar-refractivity contribution >= 4 is 29.4 Å². The molecule has 3 amide bonds. The predicted molar refractivity (Wildman–Crippen MR) is 120 cm³/mol. The maximum Gasteiger partial charge on any atom is 0.338 e. The third kappa shape index (κ3) is 3.73. The fourth-order valence-corrected chi connectivity index (χ4v) is 5.23. The molecule has 168 valence electrons. The summed E-state index contributed by atoms with van der Waals surface area (Å²) in [5.41, 5.74) is 1.64. The number of nitrogens with one attached hydrogen (secondary N) is 1. The van der Waals surface area contributed by atoms with E-state index in [0.717, 1.165) is 12.0 Å². The maximum atomic E-state index is 12.9. The summed E-state index contributed by atoms with van der Waals surface area (Å²) in [6, 6.07) is 15.4. The summed E-state index contributed by atoms with van der Waals surface area (Å²) in [4.78, 5) is 51.6. The van der Waals surface area contributed by atoms with Gasteiger partial charge in [0.05, 0.1) is 29.1 Å². The third-order valence-electron chi connectivity index (χ3n) is 6.84. The molecule has 5 rings (SSSR count). The van der Waals surface area contributed by atoms with E-state index in [1.54, 1.807) is 12.1 Å². The monoisotopic (exact) mass is 444 g/mol. The van der Waals surface area contributed by atoms with E-state index in [1.807, 2.05) is 37.3 Å². The van der Waals surface area contributed by atoms with E-state index in [4.69, 9.17) is 4.74 Å². The summed E-state index contributed by atoms with van der Waals surface area (Å²) in [6.45, 7) is 1.45. The van der Waals surface area contributed by atoms with Crippen LogP contribution in [-0.4, -0.2) is 30.3 Å². The quantitative estimate of drug-likeness (QED) is 0.420. The molecular weight excluding hydrogens is 420 g/mol. The van der Waals surface area contributed by atoms with E-state index in [2.05, 4.69) is 17.5 Å². The van der Waals surface area contributed by atoms with Gasteiger partial charge in [0.2, 0.25) is 11.8 Å². The van der Waals surface area contributed by atoms with Gasteiger partial charge in [-0.15, -0.1) is 0 Å². The molecule has 7 nitrogen and oxygen atoms in total. The van der Waals surface area contributed by atoms with Crippen LogP contribution < -0.4 is 10.2 Å². The highest BCUT2D eigenvalue weighted by molar-refractivity contribution is 6.22. The number of carbonyl (C=O) groups excluding carboxylic acids is 4. The molecular formula is C26H24N2O5. The van der Waals surface area contributed by atoms with Gasteiger partial charge in [0.15, 0.2) is 6.61 Å². The van der Waals surface area contributed by atoms with E-state index in [1.165, 1.54) is 17.0 Å². The van der Waals surface area contributed by atoms with Crippen LogP contribution in [-0.2, 0) is 19.1 Å². The van der Waals surface area contributed by atoms with Crippen LogP contribution in [0.2, 0.25) is 0 Å². The second-order valence-corrected chi connectivity index (χ2v) is 8.83. The lowest BCUT2D eigenvalue weighted by Gasteiger charge is -2.17. The van der Waals surface area contributed by atoms with E-state index < -0.39 is 18.5 Å². The summed E-state index contributed by atoms with van der Waals surface area (Å²) in [5.74, 6) is -1.63. The molecule has 7 heteroatoms. The average Bonchev–Trinajstić information content (AvgIpc) is 3.52. The molecule has 1 N–H and O–H groups in total. The van der Waals surface area contributed by atoms with Crippen LogP contribution in [0.3, 0.4) is 0 Å². The normalized spacial score (nSPS) is 25.8. The van der Waals surface area contributed by atoms with Crippen LogP contribution in [0.15, 0.2) is 66.7 Å². The molecule has 1 saturated heterocycles. The van der Waals surface area contributed by atoms with Crippen molar-refractivity contribution in [2.45, 2.75) is 19.4 Å².